The van der Waals surface area contributed by atoms with Crippen LogP contribution in [0.15, 0.2) is 29.8 Å². The third-order valence-electron chi connectivity index (χ3n) is 7.72. The van der Waals surface area contributed by atoms with E-state index in [0.717, 1.165) is 73.3 Å². The van der Waals surface area contributed by atoms with E-state index in [0.29, 0.717) is 17.7 Å². The van der Waals surface area contributed by atoms with Crippen molar-refractivity contribution >= 4 is 17.4 Å². The zero-order valence-corrected chi connectivity index (χ0v) is 22.4. The molecule has 1 amide bonds. The van der Waals surface area contributed by atoms with Crippen LogP contribution in [0, 0.1) is 23.2 Å². The molecule has 3 atom stereocenters. The smallest absolute Gasteiger partial charge is 0.228 e. The molecule has 0 bridgehead atoms. The largest absolute Gasteiger partial charge is 0.399 e. The number of rotatable bonds is 7. The Morgan fingerprint density at radius 3 is 2.69 bits per heavy atom. The van der Waals surface area contributed by atoms with Crippen molar-refractivity contribution in [2.75, 3.05) is 11.1 Å². The van der Waals surface area contributed by atoms with Crippen molar-refractivity contribution in [3.8, 4) is 11.3 Å². The van der Waals surface area contributed by atoms with Gasteiger partial charge >= 0.3 is 0 Å². The van der Waals surface area contributed by atoms with Crippen LogP contribution >= 0.6 is 0 Å². The second-order valence-electron chi connectivity index (χ2n) is 11.7. The van der Waals surface area contributed by atoms with Crippen molar-refractivity contribution in [3.05, 3.63) is 46.8 Å². The van der Waals surface area contributed by atoms with Crippen LogP contribution in [0.2, 0.25) is 0 Å². The molecule has 5 heteroatoms. The molecule has 4 rings (SSSR count). The monoisotopic (exact) mass is 474 g/mol. The lowest BCUT2D eigenvalue weighted by Gasteiger charge is -2.41. The summed E-state index contributed by atoms with van der Waals surface area (Å²) >= 11 is 0. The average molecular weight is 475 g/mol. The highest BCUT2D eigenvalue weighted by Gasteiger charge is 2.37. The molecule has 3 N–H and O–H groups in total. The minimum absolute atomic E-state index is 0.0259. The fraction of sp³-hybridized carbons (Fsp3) is 0.567. The molecule has 1 aromatic carbocycles. The van der Waals surface area contributed by atoms with Crippen molar-refractivity contribution in [2.45, 2.75) is 86.5 Å². The summed E-state index contributed by atoms with van der Waals surface area (Å²) < 4.78 is 0. The number of nitrogens with two attached hydrogens (primary N) is 1. The molecule has 0 spiro atoms. The highest BCUT2D eigenvalue weighted by Crippen LogP contribution is 2.47. The first-order valence-electron chi connectivity index (χ1n) is 13.4. The van der Waals surface area contributed by atoms with E-state index in [1.165, 1.54) is 11.1 Å². The third-order valence-corrected chi connectivity index (χ3v) is 7.72. The number of fused-ring (bicyclic) bond motifs is 3. The summed E-state index contributed by atoms with van der Waals surface area (Å²) in [7, 11) is 0. The van der Waals surface area contributed by atoms with Crippen LogP contribution in [0.25, 0.3) is 11.3 Å². The molecule has 0 fully saturated rings. The van der Waals surface area contributed by atoms with Gasteiger partial charge in [-0.25, -0.2) is 9.97 Å². The quantitative estimate of drug-likeness (QED) is 0.343. The van der Waals surface area contributed by atoms with E-state index in [9.17, 15) is 4.79 Å². The molecular weight excluding hydrogens is 432 g/mol. The van der Waals surface area contributed by atoms with E-state index in [1.54, 1.807) is 0 Å². The van der Waals surface area contributed by atoms with E-state index < -0.39 is 0 Å². The van der Waals surface area contributed by atoms with E-state index in [-0.39, 0.29) is 17.2 Å². The summed E-state index contributed by atoms with van der Waals surface area (Å²) in [5, 5.41) is 3.18. The predicted molar refractivity (Wildman–Crippen MR) is 145 cm³/mol. The lowest BCUT2D eigenvalue weighted by Crippen LogP contribution is -2.32. The second kappa shape index (κ2) is 10.1. The van der Waals surface area contributed by atoms with Crippen LogP contribution in [-0.4, -0.2) is 15.9 Å². The molecule has 0 aliphatic heterocycles. The number of hydrogen-bond donors (Lipinski definition) is 2. The van der Waals surface area contributed by atoms with Crippen LogP contribution in [0.3, 0.4) is 0 Å². The fourth-order valence-corrected chi connectivity index (χ4v) is 6.38. The zero-order valence-electron chi connectivity index (χ0n) is 22.4. The number of nitrogen functional groups attached to an aromatic ring is 1. The standard InChI is InChI=1S/C30H42N4O/c1-7-21(6)29(35)34-28-26(17-30(14-18(2)3)15-19(4)12-20(5)16-30)32-27-24-10-9-23(31)13-22(24)8-11-25(27)33-28/h9-10,12-13,18-19,21H,7-8,11,14-17,31H2,1-6H3,(H,33,34,35). The summed E-state index contributed by atoms with van der Waals surface area (Å²) in [5.41, 5.74) is 13.6. The number of allylic oxidation sites excluding steroid dienone is 2. The molecule has 35 heavy (non-hydrogen) atoms. The topological polar surface area (TPSA) is 80.9 Å². The van der Waals surface area contributed by atoms with E-state index in [2.05, 4.69) is 51.2 Å². The molecule has 5 nitrogen and oxygen atoms in total. The maximum atomic E-state index is 13.0. The molecular formula is C30H42N4O. The number of nitrogens with one attached hydrogen (secondary N) is 1. The van der Waals surface area contributed by atoms with Gasteiger partial charge in [0.1, 0.15) is 0 Å². The molecule has 1 heterocycles. The van der Waals surface area contributed by atoms with Crippen molar-refractivity contribution < 1.29 is 4.79 Å². The van der Waals surface area contributed by atoms with Crippen LogP contribution in [-0.2, 0) is 24.1 Å². The summed E-state index contributed by atoms with van der Waals surface area (Å²) in [4.78, 5) is 23.3. The third kappa shape index (κ3) is 5.60. The van der Waals surface area contributed by atoms with Gasteiger partial charge in [0.2, 0.25) is 5.91 Å². The number of aromatic nitrogens is 2. The molecule has 2 aliphatic rings. The molecule has 188 valence electrons. The minimum Gasteiger partial charge on any atom is -0.399 e. The molecule has 2 aliphatic carbocycles. The number of amides is 1. The van der Waals surface area contributed by atoms with Crippen molar-refractivity contribution in [1.82, 2.24) is 9.97 Å². The van der Waals surface area contributed by atoms with Gasteiger partial charge in [0.25, 0.3) is 0 Å². The fourth-order valence-electron chi connectivity index (χ4n) is 6.38. The molecule has 0 saturated carbocycles. The number of anilines is 2. The normalized spacial score (nSPS) is 22.3. The van der Waals surface area contributed by atoms with Gasteiger partial charge in [-0.1, -0.05) is 52.3 Å². The highest BCUT2D eigenvalue weighted by atomic mass is 16.1. The van der Waals surface area contributed by atoms with Crippen molar-refractivity contribution in [3.63, 3.8) is 0 Å². The number of carbonyl (C=O) groups excluding carboxylic acids is 1. The zero-order chi connectivity index (χ0) is 25.3. The van der Waals surface area contributed by atoms with E-state index in [4.69, 9.17) is 15.7 Å². The van der Waals surface area contributed by atoms with Gasteiger partial charge in [-0.15, -0.1) is 0 Å². The first-order valence-corrected chi connectivity index (χ1v) is 13.4. The number of aryl methyl sites for hydroxylation is 2. The average Bonchev–Trinajstić information content (AvgIpc) is 2.77. The Labute approximate surface area is 211 Å². The Bertz CT molecular complexity index is 1140. The lowest BCUT2D eigenvalue weighted by molar-refractivity contribution is -0.119. The van der Waals surface area contributed by atoms with Gasteiger partial charge in [0.15, 0.2) is 5.82 Å². The summed E-state index contributed by atoms with van der Waals surface area (Å²) in [6, 6.07) is 6.10. The highest BCUT2D eigenvalue weighted by molar-refractivity contribution is 5.92. The van der Waals surface area contributed by atoms with Crippen LogP contribution in [0.4, 0.5) is 11.5 Å². The van der Waals surface area contributed by atoms with Gasteiger partial charge in [-0.2, -0.15) is 0 Å². The van der Waals surface area contributed by atoms with Crippen LogP contribution in [0.5, 0.6) is 0 Å². The number of benzene rings is 1. The Balaban J connectivity index is 1.81. The molecule has 0 saturated heterocycles. The summed E-state index contributed by atoms with van der Waals surface area (Å²) in [5.74, 6) is 1.75. The lowest BCUT2D eigenvalue weighted by atomic mass is 9.64. The van der Waals surface area contributed by atoms with E-state index in [1.807, 2.05) is 19.9 Å². The molecule has 1 aromatic heterocycles. The molecule has 3 unspecified atom stereocenters. The van der Waals surface area contributed by atoms with Gasteiger partial charge in [0, 0.05) is 17.2 Å². The van der Waals surface area contributed by atoms with Gasteiger partial charge in [0.05, 0.1) is 17.1 Å². The number of nitrogens with zero attached hydrogens (tertiary/aromatic N) is 2. The van der Waals surface area contributed by atoms with Crippen molar-refractivity contribution in [2.24, 2.45) is 23.2 Å². The maximum Gasteiger partial charge on any atom is 0.228 e. The van der Waals surface area contributed by atoms with Crippen LogP contribution < -0.4 is 11.1 Å². The Morgan fingerprint density at radius 1 is 1.23 bits per heavy atom. The summed E-state index contributed by atoms with van der Waals surface area (Å²) in [6.45, 7) is 13.2. The molecule has 2 aromatic rings. The maximum absolute atomic E-state index is 13.0. The Hall–Kier alpha value is -2.69. The SMILES string of the molecule is CCC(C)C(=O)Nc1nc2c(nc1CC1(CC(C)C)CC(C)=CC(C)C1)-c1ccc(N)cc1CC2. The van der Waals surface area contributed by atoms with Gasteiger partial charge < -0.3 is 11.1 Å². The first kappa shape index (κ1) is 25.4. The minimum atomic E-state index is -0.0612. The Morgan fingerprint density at radius 2 is 2.00 bits per heavy atom. The number of carbonyl (C=O) groups is 1. The van der Waals surface area contributed by atoms with Gasteiger partial charge in [-0.3, -0.25) is 4.79 Å². The Kier molecular flexibility index (Phi) is 7.35. The van der Waals surface area contributed by atoms with E-state index >= 15 is 0 Å². The number of hydrogen-bond acceptors (Lipinski definition) is 4. The molecule has 0 radical (unpaired) electrons. The van der Waals surface area contributed by atoms with Gasteiger partial charge in [-0.05, 0) is 86.8 Å². The predicted octanol–water partition coefficient (Wildman–Crippen LogP) is 6.76. The summed E-state index contributed by atoms with van der Waals surface area (Å²) in [6.07, 6.45) is 9.07. The first-order chi connectivity index (χ1) is 16.6. The van der Waals surface area contributed by atoms with Crippen molar-refractivity contribution in [1.29, 1.82) is 0 Å². The van der Waals surface area contributed by atoms with Crippen LogP contribution in [0.1, 0.15) is 84.2 Å². The second-order valence-corrected chi connectivity index (χ2v) is 11.7.